The summed E-state index contributed by atoms with van der Waals surface area (Å²) >= 11 is 0. The first-order valence-electron chi connectivity index (χ1n) is 6.81. The van der Waals surface area contributed by atoms with Crippen LogP contribution in [-0.2, 0) is 0 Å². The molecule has 1 saturated heterocycles. The van der Waals surface area contributed by atoms with Crippen molar-refractivity contribution in [2.75, 3.05) is 19.7 Å². The van der Waals surface area contributed by atoms with Gasteiger partial charge in [-0.1, -0.05) is 0 Å². The molecule has 0 spiro atoms. The molecule has 3 rings (SSSR count). The van der Waals surface area contributed by atoms with Crippen LogP contribution >= 0.6 is 0 Å². The number of halogens is 2. The molecular weight excluding hydrogens is 262 g/mol. The number of rotatable bonds is 3. The molecule has 5 heteroatoms. The molecule has 1 N–H and O–H groups in total. The van der Waals surface area contributed by atoms with Crippen molar-refractivity contribution in [2.24, 2.45) is 5.92 Å². The van der Waals surface area contributed by atoms with Crippen molar-refractivity contribution in [3.05, 3.63) is 36.0 Å². The minimum absolute atomic E-state index is 0.249. The predicted octanol–water partition coefficient (Wildman–Crippen LogP) is 2.89. The first-order valence-corrected chi connectivity index (χ1v) is 6.81. The molecule has 2 aromatic rings. The topological polar surface area (TPSA) is 34.1 Å². The van der Waals surface area contributed by atoms with Gasteiger partial charge < -0.3 is 10.1 Å². The maximum absolute atomic E-state index is 13.9. The lowest BCUT2D eigenvalue weighted by Gasteiger charge is -2.22. The Balaban J connectivity index is 1.83. The Labute approximate surface area is 116 Å². The largest absolute Gasteiger partial charge is 0.477 e. The molecule has 106 valence electrons. The van der Waals surface area contributed by atoms with Crippen LogP contribution in [0.25, 0.3) is 10.8 Å². The molecule has 0 aliphatic carbocycles. The van der Waals surface area contributed by atoms with E-state index in [1.807, 2.05) is 0 Å². The van der Waals surface area contributed by atoms with Crippen LogP contribution in [0.4, 0.5) is 8.78 Å². The highest BCUT2D eigenvalue weighted by atomic mass is 19.1. The van der Waals surface area contributed by atoms with Gasteiger partial charge in [0.25, 0.3) is 0 Å². The minimum atomic E-state index is -0.631. The summed E-state index contributed by atoms with van der Waals surface area (Å²) in [4.78, 5) is 4.08. The van der Waals surface area contributed by atoms with E-state index in [-0.39, 0.29) is 11.3 Å². The highest BCUT2D eigenvalue weighted by Crippen LogP contribution is 2.27. The SMILES string of the molecule is Fc1cc(F)c2c(OCC3CCNCC3)nccc2c1. The number of hydrogen-bond donors (Lipinski definition) is 1. The molecule has 0 bridgehead atoms. The molecular formula is C15H16F2N2O. The van der Waals surface area contributed by atoms with Crippen LogP contribution in [0, 0.1) is 17.6 Å². The highest BCUT2D eigenvalue weighted by molar-refractivity contribution is 5.87. The van der Waals surface area contributed by atoms with Gasteiger partial charge in [-0.05, 0) is 49.4 Å². The third kappa shape index (κ3) is 2.72. The summed E-state index contributed by atoms with van der Waals surface area (Å²) in [5, 5.41) is 4.01. The lowest BCUT2D eigenvalue weighted by Crippen LogP contribution is -2.30. The molecule has 1 aliphatic heterocycles. The number of nitrogens with one attached hydrogen (secondary N) is 1. The zero-order chi connectivity index (χ0) is 13.9. The summed E-state index contributed by atoms with van der Waals surface area (Å²) < 4.78 is 32.8. The predicted molar refractivity (Wildman–Crippen MR) is 72.7 cm³/mol. The smallest absolute Gasteiger partial charge is 0.224 e. The molecule has 2 heterocycles. The third-order valence-electron chi connectivity index (χ3n) is 3.66. The van der Waals surface area contributed by atoms with Crippen molar-refractivity contribution in [2.45, 2.75) is 12.8 Å². The average Bonchev–Trinajstić information content (AvgIpc) is 2.45. The Hall–Kier alpha value is -1.75. The molecule has 0 radical (unpaired) electrons. The monoisotopic (exact) mass is 278 g/mol. The zero-order valence-corrected chi connectivity index (χ0v) is 11.0. The Bertz CT molecular complexity index is 612. The van der Waals surface area contributed by atoms with E-state index in [0.29, 0.717) is 17.9 Å². The van der Waals surface area contributed by atoms with Crippen LogP contribution in [0.3, 0.4) is 0 Å². The number of piperidine rings is 1. The van der Waals surface area contributed by atoms with E-state index in [4.69, 9.17) is 4.74 Å². The molecule has 1 aromatic heterocycles. The normalized spacial score (nSPS) is 16.5. The molecule has 1 aliphatic rings. The quantitative estimate of drug-likeness (QED) is 0.937. The Morgan fingerprint density at radius 3 is 2.85 bits per heavy atom. The number of aromatic nitrogens is 1. The van der Waals surface area contributed by atoms with Crippen molar-refractivity contribution in [1.29, 1.82) is 0 Å². The van der Waals surface area contributed by atoms with Crippen LogP contribution in [0.15, 0.2) is 24.4 Å². The van der Waals surface area contributed by atoms with Crippen LogP contribution in [0.1, 0.15) is 12.8 Å². The first kappa shape index (κ1) is 13.2. The van der Waals surface area contributed by atoms with Crippen molar-refractivity contribution in [1.82, 2.24) is 10.3 Å². The second-order valence-electron chi connectivity index (χ2n) is 5.11. The molecule has 3 nitrogen and oxygen atoms in total. The van der Waals surface area contributed by atoms with Crippen LogP contribution < -0.4 is 10.1 Å². The molecule has 20 heavy (non-hydrogen) atoms. The van der Waals surface area contributed by atoms with E-state index < -0.39 is 11.6 Å². The van der Waals surface area contributed by atoms with Crippen molar-refractivity contribution in [3.63, 3.8) is 0 Å². The van der Waals surface area contributed by atoms with Gasteiger partial charge in [0.2, 0.25) is 5.88 Å². The molecule has 1 aromatic carbocycles. The minimum Gasteiger partial charge on any atom is -0.477 e. The second-order valence-corrected chi connectivity index (χ2v) is 5.11. The van der Waals surface area contributed by atoms with E-state index in [1.54, 1.807) is 6.07 Å². The second kappa shape index (κ2) is 5.71. The van der Waals surface area contributed by atoms with Gasteiger partial charge in [0.15, 0.2) is 0 Å². The van der Waals surface area contributed by atoms with Gasteiger partial charge in [0, 0.05) is 12.3 Å². The maximum atomic E-state index is 13.9. The first-order chi connectivity index (χ1) is 9.74. The van der Waals surface area contributed by atoms with Gasteiger partial charge in [-0.2, -0.15) is 0 Å². The van der Waals surface area contributed by atoms with Crippen molar-refractivity contribution >= 4 is 10.8 Å². The standard InChI is InChI=1S/C15H16F2N2O/c16-12-7-11-3-6-19-15(14(11)13(17)8-12)20-9-10-1-4-18-5-2-10/h3,6-8,10,18H,1-2,4-5,9H2. The van der Waals surface area contributed by atoms with Crippen molar-refractivity contribution in [3.8, 4) is 5.88 Å². The summed E-state index contributed by atoms with van der Waals surface area (Å²) in [5.41, 5.74) is 0. The molecule has 0 amide bonds. The maximum Gasteiger partial charge on any atom is 0.224 e. The summed E-state index contributed by atoms with van der Waals surface area (Å²) in [6.45, 7) is 2.48. The Morgan fingerprint density at radius 1 is 1.25 bits per heavy atom. The van der Waals surface area contributed by atoms with Gasteiger partial charge in [-0.3, -0.25) is 0 Å². The van der Waals surface area contributed by atoms with Crippen LogP contribution in [-0.4, -0.2) is 24.7 Å². The summed E-state index contributed by atoms with van der Waals surface area (Å²) in [7, 11) is 0. The molecule has 0 atom stereocenters. The van der Waals surface area contributed by atoms with E-state index in [1.165, 1.54) is 12.3 Å². The lowest BCUT2D eigenvalue weighted by molar-refractivity contribution is 0.211. The highest BCUT2D eigenvalue weighted by Gasteiger charge is 2.16. The van der Waals surface area contributed by atoms with Gasteiger partial charge in [0.05, 0.1) is 12.0 Å². The number of fused-ring (bicyclic) bond motifs is 1. The average molecular weight is 278 g/mol. The third-order valence-corrected chi connectivity index (χ3v) is 3.66. The van der Waals surface area contributed by atoms with Crippen LogP contribution in [0.2, 0.25) is 0 Å². The van der Waals surface area contributed by atoms with Crippen LogP contribution in [0.5, 0.6) is 5.88 Å². The van der Waals surface area contributed by atoms with E-state index >= 15 is 0 Å². The Morgan fingerprint density at radius 2 is 2.05 bits per heavy atom. The van der Waals surface area contributed by atoms with E-state index in [0.717, 1.165) is 32.0 Å². The molecule has 1 fully saturated rings. The number of pyridine rings is 1. The van der Waals surface area contributed by atoms with E-state index in [9.17, 15) is 8.78 Å². The fraction of sp³-hybridized carbons (Fsp3) is 0.400. The number of hydrogen-bond acceptors (Lipinski definition) is 3. The number of ether oxygens (including phenoxy) is 1. The number of benzene rings is 1. The fourth-order valence-corrected chi connectivity index (χ4v) is 2.55. The van der Waals surface area contributed by atoms with Crippen molar-refractivity contribution < 1.29 is 13.5 Å². The van der Waals surface area contributed by atoms with Gasteiger partial charge in [0.1, 0.15) is 11.6 Å². The Kier molecular flexibility index (Phi) is 3.78. The summed E-state index contributed by atoms with van der Waals surface area (Å²) in [6, 6.07) is 3.73. The summed E-state index contributed by atoms with van der Waals surface area (Å²) in [6.07, 6.45) is 3.60. The van der Waals surface area contributed by atoms with E-state index in [2.05, 4.69) is 10.3 Å². The summed E-state index contributed by atoms with van der Waals surface area (Å²) in [5.74, 6) is -0.519. The van der Waals surface area contributed by atoms with Gasteiger partial charge in [-0.25, -0.2) is 13.8 Å². The van der Waals surface area contributed by atoms with Gasteiger partial charge in [-0.15, -0.1) is 0 Å². The molecule has 0 unspecified atom stereocenters. The fourth-order valence-electron chi connectivity index (χ4n) is 2.55. The molecule has 0 saturated carbocycles. The lowest BCUT2D eigenvalue weighted by atomic mass is 9.99. The zero-order valence-electron chi connectivity index (χ0n) is 11.0. The number of nitrogens with zero attached hydrogens (tertiary/aromatic N) is 1. The van der Waals surface area contributed by atoms with Gasteiger partial charge >= 0.3 is 0 Å².